The first-order valence-corrected chi connectivity index (χ1v) is 11.0. The summed E-state index contributed by atoms with van der Waals surface area (Å²) in [5.74, 6) is -0.675. The van der Waals surface area contributed by atoms with Crippen molar-refractivity contribution >= 4 is 28.6 Å². The summed E-state index contributed by atoms with van der Waals surface area (Å²) >= 11 is 0. The van der Waals surface area contributed by atoms with E-state index in [0.29, 0.717) is 45.6 Å². The van der Waals surface area contributed by atoms with Gasteiger partial charge in [-0.05, 0) is 32.4 Å². The normalized spacial score (nSPS) is 25.1. The highest BCUT2D eigenvalue weighted by Crippen LogP contribution is 2.31. The van der Waals surface area contributed by atoms with Gasteiger partial charge in [-0.3, -0.25) is 4.79 Å². The van der Waals surface area contributed by atoms with Crippen LogP contribution >= 0.6 is 12.4 Å². The lowest BCUT2D eigenvalue weighted by atomic mass is 10.0. The van der Waals surface area contributed by atoms with Crippen molar-refractivity contribution < 1.29 is 17.9 Å². The summed E-state index contributed by atoms with van der Waals surface area (Å²) in [6.45, 7) is 4.52. The molecular weight excluding hydrogens is 402 g/mol. The average molecular weight is 432 g/mol. The van der Waals surface area contributed by atoms with Crippen LogP contribution in [0.2, 0.25) is 0 Å². The molecule has 1 aromatic rings. The van der Waals surface area contributed by atoms with E-state index >= 15 is 0 Å². The fourth-order valence-corrected chi connectivity index (χ4v) is 5.73. The molecule has 2 unspecified atom stereocenters. The first-order valence-electron chi connectivity index (χ1n) is 9.60. The largest absolute Gasteiger partial charge is 0.466 e. The highest BCUT2D eigenvalue weighted by molar-refractivity contribution is 7.86. The van der Waals surface area contributed by atoms with Crippen LogP contribution in [0.3, 0.4) is 0 Å². The minimum absolute atomic E-state index is 0. The van der Waals surface area contributed by atoms with Crippen molar-refractivity contribution in [2.24, 2.45) is 5.92 Å². The van der Waals surface area contributed by atoms with Crippen molar-refractivity contribution in [3.63, 3.8) is 0 Å². The van der Waals surface area contributed by atoms with Crippen LogP contribution in [0, 0.1) is 5.92 Å². The van der Waals surface area contributed by atoms with E-state index in [9.17, 15) is 13.2 Å². The number of halogens is 1. The average Bonchev–Trinajstić information content (AvgIpc) is 2.68. The van der Waals surface area contributed by atoms with E-state index in [4.69, 9.17) is 4.74 Å². The summed E-state index contributed by atoms with van der Waals surface area (Å²) in [5.41, 5.74) is 0.992. The first kappa shape index (κ1) is 23.1. The van der Waals surface area contributed by atoms with E-state index in [-0.39, 0.29) is 36.9 Å². The molecule has 0 radical (unpaired) electrons. The Morgan fingerprint density at radius 1 is 1.14 bits per heavy atom. The number of rotatable bonds is 5. The second-order valence-electron chi connectivity index (χ2n) is 7.26. The zero-order valence-corrected chi connectivity index (χ0v) is 18.1. The number of carbonyl (C=O) groups excluding carboxylic acids is 1. The maximum Gasteiger partial charge on any atom is 0.310 e. The highest BCUT2D eigenvalue weighted by Gasteiger charge is 2.41. The van der Waals surface area contributed by atoms with Crippen LogP contribution in [-0.2, 0) is 19.7 Å². The van der Waals surface area contributed by atoms with Gasteiger partial charge in [-0.1, -0.05) is 30.3 Å². The fourth-order valence-electron chi connectivity index (χ4n) is 3.88. The quantitative estimate of drug-likeness (QED) is 0.666. The number of ether oxygens (including phenoxy) is 1. The molecule has 2 atom stereocenters. The summed E-state index contributed by atoms with van der Waals surface area (Å²) in [6, 6.07) is 9.54. The molecule has 0 saturated carbocycles. The Morgan fingerprint density at radius 2 is 1.86 bits per heavy atom. The van der Waals surface area contributed by atoms with Crippen LogP contribution in [0.25, 0.3) is 0 Å². The molecule has 0 bridgehead atoms. The lowest BCUT2D eigenvalue weighted by Crippen LogP contribution is -2.55. The predicted octanol–water partition coefficient (Wildman–Crippen LogP) is 1.92. The van der Waals surface area contributed by atoms with Gasteiger partial charge in [0.1, 0.15) is 0 Å². The van der Waals surface area contributed by atoms with Crippen molar-refractivity contribution in [2.75, 3.05) is 46.4 Å². The summed E-state index contributed by atoms with van der Waals surface area (Å²) in [5, 5.41) is 0. The van der Waals surface area contributed by atoms with Crippen molar-refractivity contribution in [3.05, 3.63) is 35.9 Å². The van der Waals surface area contributed by atoms with Crippen molar-refractivity contribution in [1.29, 1.82) is 0 Å². The standard InChI is InChI=1S/C19H29N3O4S.ClH/c1-3-26-19(23)17-10-7-11-21(14-17)27(24,25)22-13-12-20(2)15-18(22)16-8-5-4-6-9-16;/h4-6,8-9,17-18H,3,7,10-15H2,1-2H3;1H. The van der Waals surface area contributed by atoms with E-state index in [0.717, 1.165) is 5.56 Å². The van der Waals surface area contributed by atoms with E-state index in [1.54, 1.807) is 11.2 Å². The molecule has 28 heavy (non-hydrogen) atoms. The fraction of sp³-hybridized carbons (Fsp3) is 0.632. The summed E-state index contributed by atoms with van der Waals surface area (Å²) in [6.07, 6.45) is 1.35. The van der Waals surface area contributed by atoms with Crippen LogP contribution < -0.4 is 0 Å². The first-order chi connectivity index (χ1) is 12.9. The number of piperazine rings is 1. The topological polar surface area (TPSA) is 70.2 Å². The molecule has 0 spiro atoms. The molecule has 0 aliphatic carbocycles. The maximum absolute atomic E-state index is 13.4. The third-order valence-electron chi connectivity index (χ3n) is 5.35. The van der Waals surface area contributed by atoms with Crippen LogP contribution in [0.15, 0.2) is 30.3 Å². The van der Waals surface area contributed by atoms with Gasteiger partial charge in [0.25, 0.3) is 10.2 Å². The Labute approximate surface area is 174 Å². The third-order valence-corrected chi connectivity index (χ3v) is 7.36. The number of carbonyl (C=O) groups is 1. The molecule has 3 rings (SSSR count). The molecule has 2 heterocycles. The van der Waals surface area contributed by atoms with Gasteiger partial charge in [-0.15, -0.1) is 12.4 Å². The van der Waals surface area contributed by atoms with Crippen LogP contribution in [0.1, 0.15) is 31.4 Å². The maximum atomic E-state index is 13.4. The monoisotopic (exact) mass is 431 g/mol. The van der Waals surface area contributed by atoms with Gasteiger partial charge in [0.2, 0.25) is 0 Å². The lowest BCUT2D eigenvalue weighted by molar-refractivity contribution is -0.149. The summed E-state index contributed by atoms with van der Waals surface area (Å²) in [4.78, 5) is 14.3. The number of nitrogens with zero attached hydrogens (tertiary/aromatic N) is 3. The molecule has 9 heteroatoms. The van der Waals surface area contributed by atoms with Gasteiger partial charge >= 0.3 is 5.97 Å². The summed E-state index contributed by atoms with van der Waals surface area (Å²) < 4.78 is 35.1. The van der Waals surface area contributed by atoms with Crippen molar-refractivity contribution in [1.82, 2.24) is 13.5 Å². The number of benzene rings is 1. The molecule has 2 fully saturated rings. The molecule has 2 aliphatic heterocycles. The molecule has 2 aliphatic rings. The van der Waals surface area contributed by atoms with Crippen molar-refractivity contribution in [2.45, 2.75) is 25.8 Å². The molecule has 7 nitrogen and oxygen atoms in total. The SMILES string of the molecule is CCOC(=O)C1CCCN(S(=O)(=O)N2CCN(C)CC2c2ccccc2)C1.Cl. The van der Waals surface area contributed by atoms with Gasteiger partial charge in [-0.25, -0.2) is 0 Å². The molecule has 0 N–H and O–H groups in total. The van der Waals surface area contributed by atoms with E-state index < -0.39 is 10.2 Å². The highest BCUT2D eigenvalue weighted by atomic mass is 35.5. The van der Waals surface area contributed by atoms with Crippen LogP contribution in [0.4, 0.5) is 0 Å². The molecule has 2 saturated heterocycles. The number of esters is 1. The van der Waals surface area contributed by atoms with Gasteiger partial charge in [0.15, 0.2) is 0 Å². The van der Waals surface area contributed by atoms with Crippen LogP contribution in [0.5, 0.6) is 0 Å². The molecule has 158 valence electrons. The molecule has 0 aromatic heterocycles. The predicted molar refractivity (Wildman–Crippen MR) is 110 cm³/mol. The summed E-state index contributed by atoms with van der Waals surface area (Å²) in [7, 11) is -1.64. The molecular formula is C19H30ClN3O4S. The van der Waals surface area contributed by atoms with Gasteiger partial charge in [-0.2, -0.15) is 17.0 Å². The third kappa shape index (κ3) is 5.04. The minimum Gasteiger partial charge on any atom is -0.466 e. The number of likely N-dealkylation sites (N-methyl/N-ethyl adjacent to an activating group) is 1. The Balaban J connectivity index is 0.00000280. The number of hydrogen-bond donors (Lipinski definition) is 0. The van der Waals surface area contributed by atoms with Crippen LogP contribution in [-0.4, -0.2) is 74.3 Å². The Morgan fingerprint density at radius 3 is 2.54 bits per heavy atom. The zero-order chi connectivity index (χ0) is 19.4. The number of hydrogen-bond acceptors (Lipinski definition) is 5. The minimum atomic E-state index is -3.65. The second-order valence-corrected chi connectivity index (χ2v) is 9.14. The second kappa shape index (κ2) is 10.0. The molecule has 0 amide bonds. The van der Waals surface area contributed by atoms with E-state index in [1.807, 2.05) is 37.4 Å². The van der Waals surface area contributed by atoms with Crippen molar-refractivity contribution in [3.8, 4) is 0 Å². The smallest absolute Gasteiger partial charge is 0.310 e. The molecule has 1 aromatic carbocycles. The zero-order valence-electron chi connectivity index (χ0n) is 16.5. The van der Waals surface area contributed by atoms with Gasteiger partial charge in [0, 0.05) is 32.7 Å². The number of piperidine rings is 1. The Bertz CT molecular complexity index is 747. The Kier molecular flexibility index (Phi) is 8.27. The van der Waals surface area contributed by atoms with Gasteiger partial charge < -0.3 is 9.64 Å². The van der Waals surface area contributed by atoms with E-state index in [2.05, 4.69) is 4.90 Å². The van der Waals surface area contributed by atoms with E-state index in [1.165, 1.54) is 4.31 Å². The Hall–Kier alpha value is -1.19. The van der Waals surface area contributed by atoms with Gasteiger partial charge in [0.05, 0.1) is 18.6 Å². The lowest BCUT2D eigenvalue weighted by Gasteiger charge is -2.42.